The van der Waals surface area contributed by atoms with Crippen LogP contribution < -0.4 is 5.32 Å². The average molecular weight is 511 g/mol. The first-order chi connectivity index (χ1) is 16.8. The van der Waals surface area contributed by atoms with E-state index in [9.17, 15) is 27.2 Å². The van der Waals surface area contributed by atoms with Crippen molar-refractivity contribution in [1.82, 2.24) is 10.3 Å². The summed E-state index contributed by atoms with van der Waals surface area (Å²) in [7, 11) is 0. The number of nitrogens with one attached hydrogen (secondary N) is 1. The summed E-state index contributed by atoms with van der Waals surface area (Å²) in [5, 5.41) is 18.6. The fourth-order valence-corrected chi connectivity index (χ4v) is 3.73. The van der Waals surface area contributed by atoms with Crippen LogP contribution in [0.5, 0.6) is 0 Å². The first-order valence-electron chi connectivity index (χ1n) is 11.2. The molecule has 36 heavy (non-hydrogen) atoms. The van der Waals surface area contributed by atoms with Gasteiger partial charge in [-0.15, -0.1) is 0 Å². The van der Waals surface area contributed by atoms with Gasteiger partial charge in [0.25, 0.3) is 0 Å². The summed E-state index contributed by atoms with van der Waals surface area (Å²) >= 11 is 0. The van der Waals surface area contributed by atoms with Crippen molar-refractivity contribution < 1.29 is 41.3 Å². The van der Waals surface area contributed by atoms with E-state index >= 15 is 0 Å². The zero-order valence-corrected chi connectivity index (χ0v) is 19.8. The molecule has 0 aliphatic heterocycles. The summed E-state index contributed by atoms with van der Waals surface area (Å²) in [6, 6.07) is 5.38. The van der Waals surface area contributed by atoms with Gasteiger partial charge in [0.2, 0.25) is 11.7 Å². The number of carbonyl (C=O) groups is 2. The van der Waals surface area contributed by atoms with E-state index in [0.29, 0.717) is 17.7 Å². The summed E-state index contributed by atoms with van der Waals surface area (Å²) in [6.45, 7) is 5.45. The highest BCUT2D eigenvalue weighted by atomic mass is 19.4. The molecule has 2 heterocycles. The maximum atomic E-state index is 14.2. The Balaban J connectivity index is 1.95. The van der Waals surface area contributed by atoms with Crippen molar-refractivity contribution in [3.05, 3.63) is 52.7 Å². The number of aryl methyl sites for hydroxylation is 1. The minimum Gasteiger partial charge on any atom is -0.481 e. The molecule has 0 saturated carbocycles. The molecule has 2 aromatic heterocycles. The Bertz CT molecular complexity index is 1230. The van der Waals surface area contributed by atoms with Gasteiger partial charge in [-0.3, -0.25) is 9.59 Å². The number of anilines is 1. The largest absolute Gasteiger partial charge is 0.481 e. The molecule has 3 aromatic rings. The maximum Gasteiger partial charge on any atom is 0.422 e. The molecular weight excluding hydrogens is 486 g/mol. The van der Waals surface area contributed by atoms with E-state index in [2.05, 4.69) is 15.6 Å². The normalized spacial score (nSPS) is 12.7. The molecule has 1 atom stereocenters. The summed E-state index contributed by atoms with van der Waals surface area (Å²) in [4.78, 5) is 23.8. The molecule has 0 fully saturated rings. The zero-order chi connectivity index (χ0) is 26.6. The Morgan fingerprint density at radius 3 is 2.47 bits per heavy atom. The summed E-state index contributed by atoms with van der Waals surface area (Å²) in [6.07, 6.45) is -5.98. The molecule has 0 radical (unpaired) electrons. The highest BCUT2D eigenvalue weighted by Crippen LogP contribution is 2.43. The number of alkyl halides is 3. The third-order valence-electron chi connectivity index (χ3n) is 5.33. The van der Waals surface area contributed by atoms with E-state index in [1.54, 1.807) is 13.0 Å². The molecule has 0 unspecified atom stereocenters. The molecule has 194 valence electrons. The molecule has 0 bridgehead atoms. The number of benzene rings is 1. The topological polar surface area (TPSA) is 118 Å². The minimum atomic E-state index is -4.96. The highest BCUT2D eigenvalue weighted by molar-refractivity contribution is 5.91. The van der Waals surface area contributed by atoms with Crippen LogP contribution in [0.3, 0.4) is 0 Å². The molecule has 1 aromatic carbocycles. The summed E-state index contributed by atoms with van der Waals surface area (Å²) < 4.78 is 66.7. The number of amides is 1. The number of rotatable bonds is 10. The van der Waals surface area contributed by atoms with Crippen LogP contribution in [0.15, 0.2) is 33.3 Å². The second-order valence-electron chi connectivity index (χ2n) is 8.91. The van der Waals surface area contributed by atoms with Crippen molar-refractivity contribution in [3.63, 3.8) is 0 Å². The van der Waals surface area contributed by atoms with E-state index in [1.807, 2.05) is 13.8 Å². The fourth-order valence-electron chi connectivity index (χ4n) is 3.73. The van der Waals surface area contributed by atoms with Crippen LogP contribution in [0.25, 0.3) is 11.5 Å². The number of carboxylic acids is 1. The van der Waals surface area contributed by atoms with Crippen molar-refractivity contribution in [1.29, 1.82) is 0 Å². The zero-order valence-electron chi connectivity index (χ0n) is 19.8. The van der Waals surface area contributed by atoms with Crippen LogP contribution in [0, 0.1) is 18.7 Å². The van der Waals surface area contributed by atoms with Gasteiger partial charge in [0, 0.05) is 31.2 Å². The number of hydrogen-bond donors (Lipinski definition) is 2. The maximum absolute atomic E-state index is 14.2. The van der Waals surface area contributed by atoms with Gasteiger partial charge in [-0.05, 0) is 37.0 Å². The van der Waals surface area contributed by atoms with Crippen molar-refractivity contribution in [2.45, 2.75) is 58.5 Å². The Morgan fingerprint density at radius 1 is 1.14 bits per heavy atom. The first-order valence-corrected chi connectivity index (χ1v) is 11.2. The number of nitrogens with zero attached hydrogens (tertiary/aromatic N) is 2. The first kappa shape index (κ1) is 26.9. The van der Waals surface area contributed by atoms with E-state index < -0.39 is 59.6 Å². The Kier molecular flexibility index (Phi) is 8.16. The van der Waals surface area contributed by atoms with Crippen LogP contribution in [-0.2, 0) is 22.2 Å². The van der Waals surface area contributed by atoms with Gasteiger partial charge in [0.05, 0.1) is 5.69 Å². The van der Waals surface area contributed by atoms with Crippen LogP contribution >= 0.6 is 0 Å². The Hall–Kier alpha value is -3.70. The monoisotopic (exact) mass is 511 g/mol. The smallest absolute Gasteiger partial charge is 0.422 e. The molecule has 8 nitrogen and oxygen atoms in total. The van der Waals surface area contributed by atoms with Crippen molar-refractivity contribution in [2.24, 2.45) is 5.92 Å². The van der Waals surface area contributed by atoms with Crippen LogP contribution in [-0.4, -0.2) is 27.3 Å². The number of carboxylic acid groups (broad SMARTS) is 1. The van der Waals surface area contributed by atoms with E-state index in [-0.39, 0.29) is 23.7 Å². The average Bonchev–Trinajstić information content (AvgIpc) is 3.39. The lowest BCUT2D eigenvalue weighted by molar-refractivity contribution is -0.138. The fraction of sp³-hybridized carbons (Fsp3) is 0.417. The lowest BCUT2D eigenvalue weighted by Crippen LogP contribution is -2.20. The molecule has 2 N–H and O–H groups in total. The molecular formula is C24H25F4N3O5. The van der Waals surface area contributed by atoms with Gasteiger partial charge in [-0.1, -0.05) is 30.2 Å². The lowest BCUT2D eigenvalue weighted by Gasteiger charge is -2.16. The van der Waals surface area contributed by atoms with Crippen molar-refractivity contribution in [3.8, 4) is 11.5 Å². The van der Waals surface area contributed by atoms with Gasteiger partial charge in [0.1, 0.15) is 22.8 Å². The predicted molar refractivity (Wildman–Crippen MR) is 120 cm³/mol. The van der Waals surface area contributed by atoms with E-state index in [4.69, 9.17) is 14.2 Å². The predicted octanol–water partition coefficient (Wildman–Crippen LogP) is 5.97. The molecule has 0 aliphatic carbocycles. The van der Waals surface area contributed by atoms with E-state index in [0.717, 1.165) is 0 Å². The van der Waals surface area contributed by atoms with Gasteiger partial charge in [-0.2, -0.15) is 13.2 Å². The second-order valence-corrected chi connectivity index (χ2v) is 8.91. The van der Waals surface area contributed by atoms with Gasteiger partial charge >= 0.3 is 12.1 Å². The summed E-state index contributed by atoms with van der Waals surface area (Å²) in [5.74, 6) is -4.26. The van der Waals surface area contributed by atoms with Crippen LogP contribution in [0.4, 0.5) is 23.2 Å². The van der Waals surface area contributed by atoms with Crippen LogP contribution in [0.2, 0.25) is 0 Å². The standard InChI is InChI=1S/C24H25F4N3O5/c1-12(2)8-15-11-18(30-35-15)23-21(24(26,27)28)22(31-36-23)14(5-7-20(33)34)10-19(32)29-17-6-4-13(3)9-16(17)25/h4,6,9,11-12,14H,5,7-8,10H2,1-3H3,(H,29,32)(H,33,34)/t14-/m0/s1. The lowest BCUT2D eigenvalue weighted by atomic mass is 9.91. The molecule has 0 saturated heterocycles. The summed E-state index contributed by atoms with van der Waals surface area (Å²) in [5.41, 5.74) is -1.66. The van der Waals surface area contributed by atoms with Gasteiger partial charge in [0.15, 0.2) is 5.69 Å². The molecule has 1 amide bonds. The third-order valence-corrected chi connectivity index (χ3v) is 5.33. The number of aliphatic carboxylic acids is 1. The van der Waals surface area contributed by atoms with Crippen LogP contribution in [0.1, 0.15) is 61.6 Å². The molecule has 0 aliphatic rings. The number of halogens is 4. The number of hydrogen-bond acceptors (Lipinski definition) is 6. The number of aromatic nitrogens is 2. The highest BCUT2D eigenvalue weighted by Gasteiger charge is 2.43. The van der Waals surface area contributed by atoms with Gasteiger partial charge < -0.3 is 19.5 Å². The molecule has 0 spiro atoms. The van der Waals surface area contributed by atoms with Gasteiger partial charge in [-0.25, -0.2) is 4.39 Å². The van der Waals surface area contributed by atoms with Crippen molar-refractivity contribution in [2.75, 3.05) is 5.32 Å². The quantitative estimate of drug-likeness (QED) is 0.322. The second kappa shape index (κ2) is 10.9. The SMILES string of the molecule is Cc1ccc(NC(=O)C[C@H](CCC(=O)O)c2noc(-c3cc(CC(C)C)on3)c2C(F)(F)F)c(F)c1. The molecule has 12 heteroatoms. The number of carbonyl (C=O) groups excluding carboxylic acids is 1. The van der Waals surface area contributed by atoms with E-state index in [1.165, 1.54) is 18.2 Å². The Morgan fingerprint density at radius 2 is 1.86 bits per heavy atom. The molecule has 3 rings (SSSR count). The minimum absolute atomic E-state index is 0.153. The Labute approximate surface area is 203 Å². The third kappa shape index (κ3) is 6.70. The van der Waals surface area contributed by atoms with Crippen molar-refractivity contribution >= 4 is 17.6 Å².